The SMILES string of the molecule is CN(Cc1ccncc1)CC(O)C(F)(F)F. The van der Waals surface area contributed by atoms with Crippen molar-refractivity contribution in [1.82, 2.24) is 9.88 Å². The predicted octanol–water partition coefficient (Wildman–Crippen LogP) is 1.44. The van der Waals surface area contributed by atoms with Gasteiger partial charge in [0.15, 0.2) is 6.10 Å². The van der Waals surface area contributed by atoms with Gasteiger partial charge in [0.05, 0.1) is 0 Å². The van der Waals surface area contributed by atoms with Gasteiger partial charge >= 0.3 is 6.18 Å². The summed E-state index contributed by atoms with van der Waals surface area (Å²) in [5, 5.41) is 8.86. The van der Waals surface area contributed by atoms with Crippen molar-refractivity contribution in [1.29, 1.82) is 0 Å². The maximum absolute atomic E-state index is 12.1. The lowest BCUT2D eigenvalue weighted by Crippen LogP contribution is -2.39. The van der Waals surface area contributed by atoms with E-state index in [0.717, 1.165) is 5.56 Å². The summed E-state index contributed by atoms with van der Waals surface area (Å²) in [6, 6.07) is 3.44. The van der Waals surface area contributed by atoms with E-state index >= 15 is 0 Å². The smallest absolute Gasteiger partial charge is 0.382 e. The lowest BCUT2D eigenvalue weighted by molar-refractivity contribution is -0.207. The number of likely N-dealkylation sites (N-methyl/N-ethyl adjacent to an activating group) is 1. The molecule has 0 radical (unpaired) electrons. The lowest BCUT2D eigenvalue weighted by Gasteiger charge is -2.22. The minimum absolute atomic E-state index is 0.343. The summed E-state index contributed by atoms with van der Waals surface area (Å²) in [6.45, 7) is -0.0958. The Hall–Kier alpha value is -1.14. The monoisotopic (exact) mass is 234 g/mol. The van der Waals surface area contributed by atoms with E-state index in [2.05, 4.69) is 4.98 Å². The van der Waals surface area contributed by atoms with Crippen LogP contribution in [0.15, 0.2) is 24.5 Å². The first kappa shape index (κ1) is 12.9. The Balaban J connectivity index is 2.45. The molecule has 0 saturated heterocycles. The molecule has 0 bridgehead atoms. The zero-order chi connectivity index (χ0) is 12.2. The molecule has 0 spiro atoms. The number of rotatable bonds is 4. The molecule has 0 fully saturated rings. The van der Waals surface area contributed by atoms with Crippen LogP contribution in [-0.4, -0.2) is 40.9 Å². The first-order chi connectivity index (χ1) is 7.39. The van der Waals surface area contributed by atoms with E-state index in [1.165, 1.54) is 11.9 Å². The van der Waals surface area contributed by atoms with E-state index in [-0.39, 0.29) is 0 Å². The van der Waals surface area contributed by atoms with Crippen molar-refractivity contribution in [2.45, 2.75) is 18.8 Å². The molecule has 1 atom stereocenters. The number of nitrogens with zero attached hydrogens (tertiary/aromatic N) is 2. The molecule has 0 aliphatic heterocycles. The van der Waals surface area contributed by atoms with Crippen molar-refractivity contribution in [2.75, 3.05) is 13.6 Å². The third-order valence-electron chi connectivity index (χ3n) is 2.06. The van der Waals surface area contributed by atoms with Crippen LogP contribution in [0, 0.1) is 0 Å². The van der Waals surface area contributed by atoms with Gasteiger partial charge in [-0.05, 0) is 24.7 Å². The maximum atomic E-state index is 12.1. The fourth-order valence-corrected chi connectivity index (χ4v) is 1.26. The summed E-state index contributed by atoms with van der Waals surface area (Å²) in [5.74, 6) is 0. The summed E-state index contributed by atoms with van der Waals surface area (Å²) in [7, 11) is 1.52. The predicted molar refractivity (Wildman–Crippen MR) is 52.6 cm³/mol. The van der Waals surface area contributed by atoms with Gasteiger partial charge in [0.25, 0.3) is 0 Å². The van der Waals surface area contributed by atoms with Gasteiger partial charge < -0.3 is 5.11 Å². The Bertz CT molecular complexity index is 316. The highest BCUT2D eigenvalue weighted by atomic mass is 19.4. The highest BCUT2D eigenvalue weighted by Gasteiger charge is 2.38. The van der Waals surface area contributed by atoms with Crippen LogP contribution in [0.5, 0.6) is 0 Å². The summed E-state index contributed by atoms with van der Waals surface area (Å²) >= 11 is 0. The number of aliphatic hydroxyl groups is 1. The maximum Gasteiger partial charge on any atom is 0.415 e. The van der Waals surface area contributed by atoms with Gasteiger partial charge in [-0.1, -0.05) is 0 Å². The van der Waals surface area contributed by atoms with Crippen molar-refractivity contribution in [3.63, 3.8) is 0 Å². The Morgan fingerprint density at radius 2 is 1.94 bits per heavy atom. The first-order valence-corrected chi connectivity index (χ1v) is 4.72. The van der Waals surface area contributed by atoms with E-state index < -0.39 is 18.8 Å². The van der Waals surface area contributed by atoms with Crippen LogP contribution < -0.4 is 0 Å². The standard InChI is InChI=1S/C10H13F3N2O/c1-15(7-9(16)10(11,12)13)6-8-2-4-14-5-3-8/h2-5,9,16H,6-7H2,1H3. The van der Waals surface area contributed by atoms with Crippen LogP contribution in [-0.2, 0) is 6.54 Å². The second-order valence-corrected chi connectivity index (χ2v) is 3.61. The second kappa shape index (κ2) is 5.27. The normalized spacial score (nSPS) is 14.1. The number of hydrogen-bond acceptors (Lipinski definition) is 3. The fourth-order valence-electron chi connectivity index (χ4n) is 1.26. The highest BCUT2D eigenvalue weighted by Crippen LogP contribution is 2.20. The quantitative estimate of drug-likeness (QED) is 0.856. The minimum atomic E-state index is -4.56. The van der Waals surface area contributed by atoms with E-state index in [1.54, 1.807) is 24.5 Å². The molecule has 1 N–H and O–H groups in total. The second-order valence-electron chi connectivity index (χ2n) is 3.61. The van der Waals surface area contributed by atoms with Crippen LogP contribution in [0.25, 0.3) is 0 Å². The van der Waals surface area contributed by atoms with Gasteiger partial charge in [0, 0.05) is 25.5 Å². The van der Waals surface area contributed by atoms with Crippen molar-refractivity contribution < 1.29 is 18.3 Å². The molecular formula is C10H13F3N2O. The van der Waals surface area contributed by atoms with Crippen molar-refractivity contribution in [3.05, 3.63) is 30.1 Å². The Morgan fingerprint density at radius 1 is 1.38 bits per heavy atom. The molecule has 1 heterocycles. The number of halogens is 3. The summed E-state index contributed by atoms with van der Waals surface area (Å²) < 4.78 is 36.2. The number of pyridine rings is 1. The molecule has 1 aromatic rings. The fraction of sp³-hybridized carbons (Fsp3) is 0.500. The van der Waals surface area contributed by atoms with E-state index in [0.29, 0.717) is 6.54 Å². The first-order valence-electron chi connectivity index (χ1n) is 4.72. The minimum Gasteiger partial charge on any atom is -0.382 e. The summed E-state index contributed by atoms with van der Waals surface area (Å²) in [6.07, 6.45) is -3.72. The average Bonchev–Trinajstić information content (AvgIpc) is 2.17. The summed E-state index contributed by atoms with van der Waals surface area (Å²) in [4.78, 5) is 5.22. The van der Waals surface area contributed by atoms with Gasteiger partial charge in [-0.3, -0.25) is 9.88 Å². The van der Waals surface area contributed by atoms with Crippen molar-refractivity contribution in [3.8, 4) is 0 Å². The van der Waals surface area contributed by atoms with Gasteiger partial charge in [-0.25, -0.2) is 0 Å². The molecule has 0 aromatic carbocycles. The molecule has 0 saturated carbocycles. The van der Waals surface area contributed by atoms with Crippen molar-refractivity contribution >= 4 is 0 Å². The molecule has 1 aromatic heterocycles. The van der Waals surface area contributed by atoms with Gasteiger partial charge in [0.2, 0.25) is 0 Å². The van der Waals surface area contributed by atoms with Gasteiger partial charge in [-0.15, -0.1) is 0 Å². The zero-order valence-electron chi connectivity index (χ0n) is 8.78. The number of alkyl halides is 3. The molecule has 1 unspecified atom stereocenters. The molecular weight excluding hydrogens is 221 g/mol. The molecule has 16 heavy (non-hydrogen) atoms. The van der Waals surface area contributed by atoms with Gasteiger partial charge in [0.1, 0.15) is 0 Å². The van der Waals surface area contributed by atoms with Crippen molar-refractivity contribution in [2.24, 2.45) is 0 Å². The lowest BCUT2D eigenvalue weighted by atomic mass is 10.2. The number of aromatic nitrogens is 1. The topological polar surface area (TPSA) is 36.4 Å². The largest absolute Gasteiger partial charge is 0.415 e. The Morgan fingerprint density at radius 3 is 2.44 bits per heavy atom. The molecule has 0 aliphatic rings. The molecule has 1 rings (SSSR count). The zero-order valence-corrected chi connectivity index (χ0v) is 8.78. The average molecular weight is 234 g/mol. The number of hydrogen-bond donors (Lipinski definition) is 1. The van der Waals surface area contributed by atoms with Gasteiger partial charge in [-0.2, -0.15) is 13.2 Å². The van der Waals surface area contributed by atoms with Crippen LogP contribution in [0.2, 0.25) is 0 Å². The molecule has 3 nitrogen and oxygen atoms in total. The van der Waals surface area contributed by atoms with Crippen LogP contribution in [0.1, 0.15) is 5.56 Å². The summed E-state index contributed by atoms with van der Waals surface area (Å²) in [5.41, 5.74) is 0.854. The molecule has 6 heteroatoms. The Labute approximate surface area is 91.5 Å². The molecule has 0 amide bonds. The number of aliphatic hydroxyl groups excluding tert-OH is 1. The van der Waals surface area contributed by atoms with E-state index in [1.807, 2.05) is 0 Å². The molecule has 90 valence electrons. The van der Waals surface area contributed by atoms with E-state index in [4.69, 9.17) is 5.11 Å². The third kappa shape index (κ3) is 4.16. The van der Waals surface area contributed by atoms with Crippen LogP contribution in [0.3, 0.4) is 0 Å². The molecule has 0 aliphatic carbocycles. The van der Waals surface area contributed by atoms with Crippen LogP contribution in [0.4, 0.5) is 13.2 Å². The van der Waals surface area contributed by atoms with Crippen LogP contribution >= 0.6 is 0 Å². The highest BCUT2D eigenvalue weighted by molar-refractivity contribution is 5.09. The Kier molecular flexibility index (Phi) is 4.26. The van der Waals surface area contributed by atoms with E-state index in [9.17, 15) is 13.2 Å². The third-order valence-corrected chi connectivity index (χ3v) is 2.06.